The number of ether oxygens (including phenoxy) is 1. The first-order valence-electron chi connectivity index (χ1n) is 5.97. The van der Waals surface area contributed by atoms with Gasteiger partial charge in [-0.05, 0) is 60.6 Å². The van der Waals surface area contributed by atoms with Crippen LogP contribution in [-0.2, 0) is 0 Å². The van der Waals surface area contributed by atoms with Gasteiger partial charge in [0.05, 0.1) is 11.6 Å². The molecule has 1 aliphatic heterocycles. The second-order valence-corrected chi connectivity index (χ2v) is 5.45. The fraction of sp³-hybridized carbons (Fsp3) is 0.538. The number of anilines is 1. The molecule has 0 amide bonds. The van der Waals surface area contributed by atoms with E-state index < -0.39 is 0 Å². The van der Waals surface area contributed by atoms with E-state index in [1.54, 1.807) is 7.11 Å². The van der Waals surface area contributed by atoms with Crippen LogP contribution in [-0.4, -0.2) is 38.2 Å². The second-order valence-electron chi connectivity index (χ2n) is 4.60. The first-order valence-corrected chi connectivity index (χ1v) is 6.77. The van der Waals surface area contributed by atoms with Crippen LogP contribution in [0, 0.1) is 0 Å². The molecule has 1 saturated heterocycles. The molecule has 17 heavy (non-hydrogen) atoms. The molecule has 0 saturated carbocycles. The van der Waals surface area contributed by atoms with E-state index >= 15 is 0 Å². The van der Waals surface area contributed by atoms with E-state index in [-0.39, 0.29) is 0 Å². The van der Waals surface area contributed by atoms with E-state index in [1.807, 2.05) is 6.07 Å². The van der Waals surface area contributed by atoms with Gasteiger partial charge in [-0.1, -0.05) is 0 Å². The van der Waals surface area contributed by atoms with E-state index in [0.717, 1.165) is 22.5 Å². The van der Waals surface area contributed by atoms with Gasteiger partial charge in [0.25, 0.3) is 0 Å². The lowest BCUT2D eigenvalue weighted by atomic mass is 10.1. The highest BCUT2D eigenvalue weighted by Gasteiger charge is 2.16. The highest BCUT2D eigenvalue weighted by Crippen LogP contribution is 2.28. The lowest BCUT2D eigenvalue weighted by molar-refractivity contribution is 0.261. The third-order valence-electron chi connectivity index (χ3n) is 3.15. The predicted molar refractivity (Wildman–Crippen MR) is 74.8 cm³/mol. The van der Waals surface area contributed by atoms with Crippen LogP contribution < -0.4 is 10.1 Å². The predicted octanol–water partition coefficient (Wildman–Crippen LogP) is 2.96. The number of nitrogens with one attached hydrogen (secondary N) is 1. The summed E-state index contributed by atoms with van der Waals surface area (Å²) in [6, 6.07) is 6.68. The van der Waals surface area contributed by atoms with E-state index in [2.05, 4.69) is 45.3 Å². The molecule has 2 rings (SSSR count). The number of benzene rings is 1. The van der Waals surface area contributed by atoms with E-state index in [4.69, 9.17) is 4.74 Å². The van der Waals surface area contributed by atoms with Gasteiger partial charge in [-0.2, -0.15) is 0 Å². The van der Waals surface area contributed by atoms with Crippen molar-refractivity contribution in [2.75, 3.05) is 32.6 Å². The van der Waals surface area contributed by atoms with Crippen LogP contribution in [0.2, 0.25) is 0 Å². The zero-order valence-corrected chi connectivity index (χ0v) is 12.0. The maximum atomic E-state index is 5.22. The van der Waals surface area contributed by atoms with Crippen LogP contribution in [0.1, 0.15) is 12.8 Å². The van der Waals surface area contributed by atoms with Gasteiger partial charge < -0.3 is 15.0 Å². The Morgan fingerprint density at radius 2 is 2.29 bits per heavy atom. The highest BCUT2D eigenvalue weighted by molar-refractivity contribution is 9.10. The summed E-state index contributed by atoms with van der Waals surface area (Å²) in [4.78, 5) is 2.37. The van der Waals surface area contributed by atoms with Crippen molar-refractivity contribution in [1.82, 2.24) is 4.90 Å². The third kappa shape index (κ3) is 3.36. The van der Waals surface area contributed by atoms with Gasteiger partial charge in [0.1, 0.15) is 5.75 Å². The van der Waals surface area contributed by atoms with Gasteiger partial charge in [0.2, 0.25) is 0 Å². The number of likely N-dealkylation sites (N-methyl/N-ethyl adjacent to an activating group) is 1. The van der Waals surface area contributed by atoms with Crippen molar-refractivity contribution in [2.24, 2.45) is 0 Å². The van der Waals surface area contributed by atoms with Crippen LogP contribution in [0.3, 0.4) is 0 Å². The van der Waals surface area contributed by atoms with Crippen molar-refractivity contribution >= 4 is 21.6 Å². The summed E-state index contributed by atoms with van der Waals surface area (Å²) in [5.41, 5.74) is 1.15. The van der Waals surface area contributed by atoms with Gasteiger partial charge in [0.15, 0.2) is 0 Å². The number of hydrogen-bond acceptors (Lipinski definition) is 3. The van der Waals surface area contributed by atoms with Gasteiger partial charge in [-0.3, -0.25) is 0 Å². The van der Waals surface area contributed by atoms with Gasteiger partial charge in [-0.25, -0.2) is 0 Å². The number of rotatable bonds is 3. The van der Waals surface area contributed by atoms with Crippen LogP contribution in [0.15, 0.2) is 22.7 Å². The SMILES string of the molecule is COc1ccc(NC2CCCN(C)C2)cc1Br. The average molecular weight is 299 g/mol. The van der Waals surface area contributed by atoms with Crippen LogP contribution in [0.25, 0.3) is 0 Å². The Kier molecular flexibility index (Phi) is 4.29. The Balaban J connectivity index is 2.00. The molecule has 1 aliphatic rings. The first kappa shape index (κ1) is 12.7. The fourth-order valence-corrected chi connectivity index (χ4v) is 2.82. The Hall–Kier alpha value is -0.740. The van der Waals surface area contributed by atoms with Crippen LogP contribution >= 0.6 is 15.9 Å². The largest absolute Gasteiger partial charge is 0.496 e. The lowest BCUT2D eigenvalue weighted by Crippen LogP contribution is -2.39. The molecule has 1 aromatic carbocycles. The van der Waals surface area contributed by atoms with Crippen molar-refractivity contribution < 1.29 is 4.74 Å². The molecule has 1 unspecified atom stereocenters. The fourth-order valence-electron chi connectivity index (χ4n) is 2.28. The number of halogens is 1. The zero-order chi connectivity index (χ0) is 12.3. The summed E-state index contributed by atoms with van der Waals surface area (Å²) in [5.74, 6) is 0.872. The summed E-state index contributed by atoms with van der Waals surface area (Å²) in [5, 5.41) is 3.58. The maximum Gasteiger partial charge on any atom is 0.133 e. The average Bonchev–Trinajstić information content (AvgIpc) is 2.29. The Morgan fingerprint density at radius 3 is 2.94 bits per heavy atom. The molecule has 1 heterocycles. The normalized spacial score (nSPS) is 21.2. The summed E-state index contributed by atoms with van der Waals surface area (Å²) in [6.07, 6.45) is 2.51. The van der Waals surface area contributed by atoms with Crippen LogP contribution in [0.4, 0.5) is 5.69 Å². The minimum absolute atomic E-state index is 0.550. The topological polar surface area (TPSA) is 24.5 Å². The molecule has 0 aromatic heterocycles. The third-order valence-corrected chi connectivity index (χ3v) is 3.77. The van der Waals surface area contributed by atoms with Crippen molar-refractivity contribution in [2.45, 2.75) is 18.9 Å². The minimum Gasteiger partial charge on any atom is -0.496 e. The van der Waals surface area contributed by atoms with E-state index in [0.29, 0.717) is 6.04 Å². The van der Waals surface area contributed by atoms with Crippen LogP contribution in [0.5, 0.6) is 5.75 Å². The summed E-state index contributed by atoms with van der Waals surface area (Å²) in [6.45, 7) is 2.33. The smallest absolute Gasteiger partial charge is 0.133 e. The molecule has 4 heteroatoms. The number of piperidine rings is 1. The number of hydrogen-bond donors (Lipinski definition) is 1. The van der Waals surface area contributed by atoms with Gasteiger partial charge in [-0.15, -0.1) is 0 Å². The second kappa shape index (κ2) is 5.74. The Bertz CT molecular complexity index is 384. The number of likely N-dealkylation sites (tertiary alicyclic amines) is 1. The summed E-state index contributed by atoms with van der Waals surface area (Å²) < 4.78 is 6.22. The monoisotopic (exact) mass is 298 g/mol. The summed E-state index contributed by atoms with van der Waals surface area (Å²) >= 11 is 3.51. The molecular weight excluding hydrogens is 280 g/mol. The quantitative estimate of drug-likeness (QED) is 0.928. The number of nitrogens with zero attached hydrogens (tertiary/aromatic N) is 1. The Morgan fingerprint density at radius 1 is 1.47 bits per heavy atom. The molecule has 0 spiro atoms. The molecule has 0 aliphatic carbocycles. The molecule has 1 aromatic rings. The lowest BCUT2D eigenvalue weighted by Gasteiger charge is -2.31. The standard InChI is InChI=1S/C13H19BrN2O/c1-16-7-3-4-11(9-16)15-10-5-6-13(17-2)12(14)8-10/h5-6,8,11,15H,3-4,7,9H2,1-2H3. The molecule has 0 radical (unpaired) electrons. The summed E-state index contributed by atoms with van der Waals surface area (Å²) in [7, 11) is 3.86. The van der Waals surface area contributed by atoms with Crippen molar-refractivity contribution in [3.63, 3.8) is 0 Å². The van der Waals surface area contributed by atoms with E-state index in [1.165, 1.54) is 19.4 Å². The minimum atomic E-state index is 0.550. The first-order chi connectivity index (χ1) is 8.19. The molecule has 0 bridgehead atoms. The van der Waals surface area contributed by atoms with Gasteiger partial charge >= 0.3 is 0 Å². The highest BCUT2D eigenvalue weighted by atomic mass is 79.9. The van der Waals surface area contributed by atoms with Gasteiger partial charge in [0, 0.05) is 18.3 Å². The number of methoxy groups -OCH3 is 1. The molecule has 1 N–H and O–H groups in total. The van der Waals surface area contributed by atoms with Crippen molar-refractivity contribution in [1.29, 1.82) is 0 Å². The Labute approximate surface area is 111 Å². The van der Waals surface area contributed by atoms with Crippen molar-refractivity contribution in [3.8, 4) is 5.75 Å². The molecule has 94 valence electrons. The molecule has 3 nitrogen and oxygen atoms in total. The molecular formula is C13H19BrN2O. The molecule has 1 fully saturated rings. The van der Waals surface area contributed by atoms with E-state index in [9.17, 15) is 0 Å². The molecule has 1 atom stereocenters. The zero-order valence-electron chi connectivity index (χ0n) is 10.4. The maximum absolute atomic E-state index is 5.22. The van der Waals surface area contributed by atoms with Crippen molar-refractivity contribution in [3.05, 3.63) is 22.7 Å².